The molecule has 0 atom stereocenters. The first kappa shape index (κ1) is 17.6. The normalized spacial score (nSPS) is 11.0. The van der Waals surface area contributed by atoms with Crippen LogP contribution in [0.4, 0.5) is 5.13 Å². The predicted octanol–water partition coefficient (Wildman–Crippen LogP) is 5.45. The van der Waals surface area contributed by atoms with E-state index in [1.807, 2.05) is 36.4 Å². The second-order valence-electron chi connectivity index (χ2n) is 5.23. The largest absolute Gasteiger partial charge is 0.294 e. The summed E-state index contributed by atoms with van der Waals surface area (Å²) >= 11 is 7.74. The average molecular weight is 463 g/mol. The summed E-state index contributed by atoms with van der Waals surface area (Å²) in [6.07, 6.45) is 0. The number of benzene rings is 2. The molecule has 0 radical (unpaired) electrons. The maximum Gasteiger partial charge on any atom is 0.286 e. The van der Waals surface area contributed by atoms with Crippen molar-refractivity contribution in [3.63, 3.8) is 0 Å². The van der Waals surface area contributed by atoms with Crippen LogP contribution in [0.25, 0.3) is 10.2 Å². The number of anilines is 1. The molecule has 2 aromatic carbocycles. The Hall–Kier alpha value is -1.81. The minimum absolute atomic E-state index is 0.258. The van der Waals surface area contributed by atoms with E-state index < -0.39 is 0 Å². The van der Waals surface area contributed by atoms with Gasteiger partial charge >= 0.3 is 0 Å². The fraction of sp³-hybridized carbons (Fsp3) is 0.0588. The van der Waals surface area contributed by atoms with Gasteiger partial charge in [0.2, 0.25) is 5.13 Å². The highest BCUT2D eigenvalue weighted by atomic mass is 79.9. The van der Waals surface area contributed by atoms with E-state index in [9.17, 15) is 4.79 Å². The number of nitrogens with one attached hydrogen (secondary N) is 1. The zero-order valence-corrected chi connectivity index (χ0v) is 17.2. The summed E-state index contributed by atoms with van der Waals surface area (Å²) in [6, 6.07) is 15.8. The van der Waals surface area contributed by atoms with Crippen LogP contribution in [0.1, 0.15) is 15.4 Å². The molecule has 1 N–H and O–H groups in total. The van der Waals surface area contributed by atoms with E-state index in [4.69, 9.17) is 0 Å². The van der Waals surface area contributed by atoms with Crippen molar-refractivity contribution in [2.24, 2.45) is 0 Å². The van der Waals surface area contributed by atoms with Gasteiger partial charge in [0.15, 0.2) is 9.35 Å². The van der Waals surface area contributed by atoms with Crippen LogP contribution in [0.3, 0.4) is 0 Å². The average Bonchev–Trinajstić information content (AvgIpc) is 3.28. The number of carbonyl (C=O) groups is 1. The molecule has 0 fully saturated rings. The van der Waals surface area contributed by atoms with Crippen molar-refractivity contribution >= 4 is 71.6 Å². The van der Waals surface area contributed by atoms with Gasteiger partial charge in [-0.15, -0.1) is 21.5 Å². The Morgan fingerprint density at radius 3 is 2.69 bits per heavy atom. The number of hydrogen-bond acceptors (Lipinski definition) is 7. The van der Waals surface area contributed by atoms with Crippen LogP contribution in [0.2, 0.25) is 0 Å². The molecule has 0 saturated carbocycles. The molecule has 130 valence electrons. The van der Waals surface area contributed by atoms with Crippen LogP contribution < -0.4 is 5.32 Å². The van der Waals surface area contributed by atoms with Gasteiger partial charge in [-0.3, -0.25) is 10.1 Å². The predicted molar refractivity (Wildman–Crippen MR) is 111 cm³/mol. The van der Waals surface area contributed by atoms with Gasteiger partial charge in [0, 0.05) is 10.2 Å². The van der Waals surface area contributed by atoms with Gasteiger partial charge in [0.1, 0.15) is 0 Å². The number of amides is 1. The number of hydrogen-bond donors (Lipinski definition) is 1. The molecule has 0 unspecified atom stereocenters. The highest BCUT2D eigenvalue weighted by Crippen LogP contribution is 2.29. The van der Waals surface area contributed by atoms with E-state index >= 15 is 0 Å². The standard InChI is InChI=1S/C17H11BrN4OS3/c18-11-7-5-10(6-8-11)9-24-17-22-21-16(26-17)20-14(23)15-19-12-3-1-2-4-13(12)25-15/h1-8H,9H2,(H,20,21,23). The minimum Gasteiger partial charge on any atom is -0.294 e. The Bertz CT molecular complexity index is 1030. The molecule has 2 heterocycles. The molecule has 26 heavy (non-hydrogen) atoms. The second-order valence-corrected chi connectivity index (χ2v) is 9.38. The molecule has 0 aliphatic heterocycles. The Morgan fingerprint density at radius 1 is 1.08 bits per heavy atom. The maximum atomic E-state index is 12.4. The summed E-state index contributed by atoms with van der Waals surface area (Å²) in [6.45, 7) is 0. The molecule has 0 saturated heterocycles. The number of fused-ring (bicyclic) bond motifs is 1. The topological polar surface area (TPSA) is 67.8 Å². The van der Waals surface area contributed by atoms with Gasteiger partial charge in [-0.25, -0.2) is 4.98 Å². The van der Waals surface area contributed by atoms with E-state index in [0.717, 1.165) is 24.8 Å². The monoisotopic (exact) mass is 462 g/mol. The first-order valence-corrected chi connectivity index (χ1v) is 11.0. The first-order valence-electron chi connectivity index (χ1n) is 7.55. The molecular weight excluding hydrogens is 452 g/mol. The van der Waals surface area contributed by atoms with Crippen molar-refractivity contribution in [2.75, 3.05) is 5.32 Å². The third-order valence-electron chi connectivity index (χ3n) is 3.39. The number of aromatic nitrogens is 3. The van der Waals surface area contributed by atoms with E-state index in [-0.39, 0.29) is 5.91 Å². The molecule has 4 rings (SSSR count). The maximum absolute atomic E-state index is 12.4. The highest BCUT2D eigenvalue weighted by Gasteiger charge is 2.15. The summed E-state index contributed by atoms with van der Waals surface area (Å²) in [7, 11) is 0. The van der Waals surface area contributed by atoms with E-state index in [1.165, 1.54) is 28.2 Å². The van der Waals surface area contributed by atoms with Gasteiger partial charge in [0.25, 0.3) is 5.91 Å². The third-order valence-corrected chi connectivity index (χ3v) is 7.00. The summed E-state index contributed by atoms with van der Waals surface area (Å²) in [5, 5.41) is 11.9. The van der Waals surface area contributed by atoms with Crippen LogP contribution in [0.15, 0.2) is 57.3 Å². The Kier molecular flexibility index (Phi) is 5.30. The van der Waals surface area contributed by atoms with Gasteiger partial charge in [-0.2, -0.15) is 0 Å². The molecule has 1 amide bonds. The van der Waals surface area contributed by atoms with E-state index in [0.29, 0.717) is 10.1 Å². The molecule has 0 bridgehead atoms. The number of para-hydroxylation sites is 1. The van der Waals surface area contributed by atoms with Gasteiger partial charge in [-0.1, -0.05) is 63.3 Å². The number of rotatable bonds is 5. The van der Waals surface area contributed by atoms with Gasteiger partial charge in [-0.05, 0) is 29.8 Å². The number of carbonyl (C=O) groups excluding carboxylic acids is 1. The van der Waals surface area contributed by atoms with Crippen molar-refractivity contribution in [3.8, 4) is 0 Å². The Labute approximate surface area is 170 Å². The number of nitrogens with zero attached hydrogens (tertiary/aromatic N) is 3. The van der Waals surface area contributed by atoms with E-state index in [1.54, 1.807) is 11.8 Å². The quantitative estimate of drug-likeness (QED) is 0.315. The summed E-state index contributed by atoms with van der Waals surface area (Å²) < 4.78 is 2.86. The van der Waals surface area contributed by atoms with Gasteiger partial charge in [0.05, 0.1) is 10.2 Å². The van der Waals surface area contributed by atoms with Crippen molar-refractivity contribution in [1.82, 2.24) is 15.2 Å². The molecule has 2 aromatic heterocycles. The van der Waals surface area contributed by atoms with Crippen molar-refractivity contribution < 1.29 is 4.79 Å². The molecule has 9 heteroatoms. The van der Waals surface area contributed by atoms with E-state index in [2.05, 4.69) is 48.6 Å². The second kappa shape index (κ2) is 7.83. The third kappa shape index (κ3) is 4.12. The van der Waals surface area contributed by atoms with Gasteiger partial charge < -0.3 is 0 Å². The van der Waals surface area contributed by atoms with Crippen molar-refractivity contribution in [2.45, 2.75) is 10.1 Å². The lowest BCUT2D eigenvalue weighted by molar-refractivity contribution is 0.102. The molecule has 0 spiro atoms. The lowest BCUT2D eigenvalue weighted by Crippen LogP contribution is -2.11. The van der Waals surface area contributed by atoms with Crippen LogP contribution >= 0.6 is 50.4 Å². The smallest absolute Gasteiger partial charge is 0.286 e. The summed E-state index contributed by atoms with van der Waals surface area (Å²) in [4.78, 5) is 16.7. The Balaban J connectivity index is 1.39. The van der Waals surface area contributed by atoms with Crippen LogP contribution in [0, 0.1) is 0 Å². The summed E-state index contributed by atoms with van der Waals surface area (Å²) in [5.74, 6) is 0.542. The fourth-order valence-corrected chi connectivity index (χ4v) is 4.99. The molecule has 0 aliphatic rings. The Morgan fingerprint density at radius 2 is 1.88 bits per heavy atom. The molecule has 5 nitrogen and oxygen atoms in total. The minimum atomic E-state index is -0.258. The highest BCUT2D eigenvalue weighted by molar-refractivity contribution is 9.10. The first-order chi connectivity index (χ1) is 12.7. The lowest BCUT2D eigenvalue weighted by atomic mass is 10.2. The van der Waals surface area contributed by atoms with Crippen molar-refractivity contribution in [3.05, 3.63) is 63.6 Å². The number of halogens is 1. The zero-order chi connectivity index (χ0) is 17.9. The molecule has 0 aliphatic carbocycles. The summed E-state index contributed by atoms with van der Waals surface area (Å²) in [5.41, 5.74) is 2.03. The number of thioether (sulfide) groups is 1. The number of thiazole rings is 1. The lowest BCUT2D eigenvalue weighted by Gasteiger charge is -1.98. The zero-order valence-electron chi connectivity index (χ0n) is 13.2. The van der Waals surface area contributed by atoms with Crippen LogP contribution in [-0.2, 0) is 5.75 Å². The fourth-order valence-electron chi connectivity index (χ4n) is 2.16. The molecular formula is C17H11BrN4OS3. The van der Waals surface area contributed by atoms with Crippen molar-refractivity contribution in [1.29, 1.82) is 0 Å². The SMILES string of the molecule is O=C(Nc1nnc(SCc2ccc(Br)cc2)s1)c1nc2ccccc2s1. The molecule has 4 aromatic rings. The van der Waals surface area contributed by atoms with Crippen LogP contribution in [-0.4, -0.2) is 21.1 Å². The van der Waals surface area contributed by atoms with Crippen LogP contribution in [0.5, 0.6) is 0 Å².